The van der Waals surface area contributed by atoms with Crippen molar-refractivity contribution in [2.24, 2.45) is 5.73 Å². The highest BCUT2D eigenvalue weighted by atomic mass is 79.9. The molecule has 1 heterocycles. The summed E-state index contributed by atoms with van der Waals surface area (Å²) >= 11 is 3.77. The van der Waals surface area contributed by atoms with E-state index in [0.29, 0.717) is 25.7 Å². The number of rotatable bonds is 3. The first-order valence-electron chi connectivity index (χ1n) is 7.91. The molecule has 3 rings (SSSR count). The molecule has 0 aromatic heterocycles. The molecular weight excluding hydrogens is 330 g/mol. The van der Waals surface area contributed by atoms with Gasteiger partial charge in [0.05, 0.1) is 4.47 Å². The zero-order valence-corrected chi connectivity index (χ0v) is 14.5. The second kappa shape index (κ2) is 5.81. The van der Waals surface area contributed by atoms with Crippen molar-refractivity contribution >= 4 is 15.9 Å². The molecule has 0 bridgehead atoms. The molecule has 0 unspecified atom stereocenters. The van der Waals surface area contributed by atoms with Gasteiger partial charge in [0.25, 0.3) is 0 Å². The lowest BCUT2D eigenvalue weighted by Crippen LogP contribution is -2.34. The Kier molecular flexibility index (Phi) is 4.19. The fourth-order valence-electron chi connectivity index (χ4n) is 3.80. The third-order valence-electron chi connectivity index (χ3n) is 4.91. The summed E-state index contributed by atoms with van der Waals surface area (Å²) < 4.78 is 12.7. The van der Waals surface area contributed by atoms with E-state index < -0.39 is 0 Å². The second-order valence-corrected chi connectivity index (χ2v) is 7.32. The van der Waals surface area contributed by atoms with Gasteiger partial charge in [-0.05, 0) is 51.9 Å². The molecule has 2 aliphatic rings. The van der Waals surface area contributed by atoms with Crippen LogP contribution in [0, 0.1) is 0 Å². The monoisotopic (exact) mass is 353 g/mol. The van der Waals surface area contributed by atoms with Crippen LogP contribution in [0.25, 0.3) is 0 Å². The Hall–Kier alpha value is -0.740. The first-order chi connectivity index (χ1) is 10.1. The molecule has 0 spiro atoms. The van der Waals surface area contributed by atoms with Gasteiger partial charge >= 0.3 is 0 Å². The van der Waals surface area contributed by atoms with Crippen molar-refractivity contribution in [2.75, 3.05) is 19.8 Å². The molecule has 1 saturated carbocycles. The maximum Gasteiger partial charge on any atom is 0.175 e. The van der Waals surface area contributed by atoms with Crippen LogP contribution in [0.2, 0.25) is 0 Å². The Morgan fingerprint density at radius 2 is 1.90 bits per heavy atom. The summed E-state index contributed by atoms with van der Waals surface area (Å²) in [5.74, 6) is 2.15. The first kappa shape index (κ1) is 15.2. The molecule has 0 radical (unpaired) electrons. The van der Waals surface area contributed by atoms with Gasteiger partial charge in [0, 0.05) is 12.0 Å². The van der Waals surface area contributed by atoms with E-state index in [1.165, 1.54) is 36.8 Å². The quantitative estimate of drug-likeness (QED) is 0.888. The molecule has 3 nitrogen and oxygen atoms in total. The molecule has 21 heavy (non-hydrogen) atoms. The van der Waals surface area contributed by atoms with E-state index in [1.807, 2.05) is 0 Å². The third-order valence-corrected chi connectivity index (χ3v) is 5.70. The van der Waals surface area contributed by atoms with Crippen LogP contribution in [0.5, 0.6) is 11.5 Å². The first-order valence-corrected chi connectivity index (χ1v) is 8.71. The summed E-state index contributed by atoms with van der Waals surface area (Å²) in [6, 6.07) is 2.20. The van der Waals surface area contributed by atoms with Gasteiger partial charge in [-0.15, -0.1) is 0 Å². The summed E-state index contributed by atoms with van der Waals surface area (Å²) in [4.78, 5) is 0. The average Bonchev–Trinajstić information content (AvgIpc) is 2.96. The van der Waals surface area contributed by atoms with Crippen LogP contribution in [-0.2, 0) is 5.41 Å². The number of fused-ring (bicyclic) bond motifs is 1. The van der Waals surface area contributed by atoms with Crippen molar-refractivity contribution in [1.29, 1.82) is 0 Å². The fourth-order valence-corrected chi connectivity index (χ4v) is 4.78. The van der Waals surface area contributed by atoms with E-state index in [9.17, 15) is 0 Å². The van der Waals surface area contributed by atoms with Crippen molar-refractivity contribution < 1.29 is 9.47 Å². The Labute approximate surface area is 135 Å². The molecule has 2 N–H and O–H groups in total. The van der Waals surface area contributed by atoms with Crippen LogP contribution in [0.4, 0.5) is 0 Å². The van der Waals surface area contributed by atoms with Gasteiger partial charge in [0.15, 0.2) is 11.5 Å². The normalized spacial score (nSPS) is 20.0. The van der Waals surface area contributed by atoms with Gasteiger partial charge < -0.3 is 15.2 Å². The van der Waals surface area contributed by atoms with E-state index in [-0.39, 0.29) is 5.41 Å². The predicted octanol–water partition coefficient (Wildman–Crippen LogP) is 4.11. The zero-order valence-electron chi connectivity index (χ0n) is 12.9. The number of hydrogen-bond acceptors (Lipinski definition) is 3. The lowest BCUT2D eigenvalue weighted by molar-refractivity contribution is 0.169. The van der Waals surface area contributed by atoms with Crippen molar-refractivity contribution in [3.63, 3.8) is 0 Å². The summed E-state index contributed by atoms with van der Waals surface area (Å²) in [7, 11) is 0. The molecule has 0 amide bonds. The molecule has 1 aliphatic carbocycles. The lowest BCUT2D eigenvalue weighted by atomic mass is 9.74. The van der Waals surface area contributed by atoms with Crippen LogP contribution in [0.3, 0.4) is 0 Å². The number of hydrogen-bond donors (Lipinski definition) is 1. The molecule has 1 aromatic rings. The van der Waals surface area contributed by atoms with Crippen LogP contribution in [0.1, 0.15) is 56.6 Å². The highest BCUT2D eigenvalue weighted by Crippen LogP contribution is 2.51. The topological polar surface area (TPSA) is 44.5 Å². The summed E-state index contributed by atoms with van der Waals surface area (Å²) in [5.41, 5.74) is 9.03. The Bertz CT molecular complexity index is 536. The number of benzene rings is 1. The molecule has 1 aromatic carbocycles. The third kappa shape index (κ3) is 2.46. The fraction of sp³-hybridized carbons (Fsp3) is 0.647. The maximum absolute atomic E-state index is 6.21. The molecule has 4 heteroatoms. The molecule has 116 valence electrons. The van der Waals surface area contributed by atoms with E-state index >= 15 is 0 Å². The highest BCUT2D eigenvalue weighted by Gasteiger charge is 2.38. The number of ether oxygens (including phenoxy) is 2. The molecule has 1 fully saturated rings. The van der Waals surface area contributed by atoms with Crippen LogP contribution in [0.15, 0.2) is 10.5 Å². The Balaban J connectivity index is 2.21. The minimum Gasteiger partial charge on any atom is -0.486 e. The van der Waals surface area contributed by atoms with Gasteiger partial charge in [-0.25, -0.2) is 0 Å². The highest BCUT2D eigenvalue weighted by molar-refractivity contribution is 9.10. The SMILES string of the molecule is CC(C)c1c(C2(CN)CCCC2)cc2c(c1Br)OCCO2. The van der Waals surface area contributed by atoms with E-state index in [4.69, 9.17) is 15.2 Å². The largest absolute Gasteiger partial charge is 0.486 e. The van der Waals surface area contributed by atoms with Crippen LogP contribution < -0.4 is 15.2 Å². The summed E-state index contributed by atoms with van der Waals surface area (Å²) in [5, 5.41) is 0. The molecule has 0 atom stereocenters. The van der Waals surface area contributed by atoms with Crippen molar-refractivity contribution in [1.82, 2.24) is 0 Å². The summed E-state index contributed by atoms with van der Waals surface area (Å²) in [6.45, 7) is 6.41. The van der Waals surface area contributed by atoms with Crippen molar-refractivity contribution in [2.45, 2.75) is 50.9 Å². The number of halogens is 1. The summed E-state index contributed by atoms with van der Waals surface area (Å²) in [6.07, 6.45) is 4.88. The minimum absolute atomic E-state index is 0.109. The maximum atomic E-state index is 6.21. The average molecular weight is 354 g/mol. The van der Waals surface area contributed by atoms with Gasteiger partial charge in [0.2, 0.25) is 0 Å². The van der Waals surface area contributed by atoms with E-state index in [2.05, 4.69) is 35.8 Å². The lowest BCUT2D eigenvalue weighted by Gasteiger charge is -2.34. The van der Waals surface area contributed by atoms with Crippen molar-refractivity contribution in [3.05, 3.63) is 21.7 Å². The van der Waals surface area contributed by atoms with Gasteiger partial charge in [-0.2, -0.15) is 0 Å². The Morgan fingerprint density at radius 1 is 1.24 bits per heavy atom. The number of nitrogens with two attached hydrogens (primary N) is 1. The van der Waals surface area contributed by atoms with Gasteiger partial charge in [-0.3, -0.25) is 0 Å². The van der Waals surface area contributed by atoms with Crippen LogP contribution >= 0.6 is 15.9 Å². The molecular formula is C17H24BrNO2. The van der Waals surface area contributed by atoms with E-state index in [1.54, 1.807) is 0 Å². The standard InChI is InChI=1S/C17H24BrNO2/c1-11(2)14-12(17(10-19)5-3-4-6-17)9-13-16(15(14)18)21-8-7-20-13/h9,11H,3-8,10,19H2,1-2H3. The second-order valence-electron chi connectivity index (χ2n) is 6.52. The smallest absolute Gasteiger partial charge is 0.175 e. The van der Waals surface area contributed by atoms with Crippen molar-refractivity contribution in [3.8, 4) is 11.5 Å². The van der Waals surface area contributed by atoms with E-state index in [0.717, 1.165) is 16.0 Å². The van der Waals surface area contributed by atoms with Crippen LogP contribution in [-0.4, -0.2) is 19.8 Å². The Morgan fingerprint density at radius 3 is 2.52 bits per heavy atom. The van der Waals surface area contributed by atoms with Gasteiger partial charge in [-0.1, -0.05) is 26.7 Å². The zero-order chi connectivity index (χ0) is 15.0. The molecule has 0 saturated heterocycles. The minimum atomic E-state index is 0.109. The predicted molar refractivity (Wildman–Crippen MR) is 88.4 cm³/mol. The van der Waals surface area contributed by atoms with Gasteiger partial charge in [0.1, 0.15) is 13.2 Å². The molecule has 1 aliphatic heterocycles.